The number of carbonyl (C=O) groups is 1. The first kappa shape index (κ1) is 15.2. The van der Waals surface area contributed by atoms with Crippen LogP contribution in [0.15, 0.2) is 24.3 Å². The number of hydrogen-bond acceptors (Lipinski definition) is 3. The molecule has 0 unspecified atom stereocenters. The molecule has 118 valence electrons. The van der Waals surface area contributed by atoms with Crippen LogP contribution in [0.3, 0.4) is 0 Å². The summed E-state index contributed by atoms with van der Waals surface area (Å²) in [6.07, 6.45) is 4.72. The zero-order valence-corrected chi connectivity index (χ0v) is 13.6. The van der Waals surface area contributed by atoms with Crippen molar-refractivity contribution in [3.8, 4) is 5.75 Å². The van der Waals surface area contributed by atoms with Gasteiger partial charge in [-0.3, -0.25) is 4.79 Å². The number of carbonyl (C=O) groups excluding carboxylic acids is 1. The van der Waals surface area contributed by atoms with E-state index in [2.05, 4.69) is 4.90 Å². The second kappa shape index (κ2) is 6.61. The maximum Gasteiger partial charge on any atom is 0.222 e. The van der Waals surface area contributed by atoms with E-state index in [0.29, 0.717) is 12.3 Å². The highest BCUT2D eigenvalue weighted by Crippen LogP contribution is 2.36. The monoisotopic (exact) mass is 320 g/mol. The number of methoxy groups -OCH3 is 1. The van der Waals surface area contributed by atoms with Gasteiger partial charge in [-0.1, -0.05) is 11.6 Å². The molecule has 1 fully saturated rings. The number of anilines is 1. The summed E-state index contributed by atoms with van der Waals surface area (Å²) >= 11 is 6.31. The maximum absolute atomic E-state index is 11.7. The highest BCUT2D eigenvalue weighted by atomic mass is 35.5. The molecule has 0 saturated carbocycles. The molecule has 22 heavy (non-hydrogen) atoms. The van der Waals surface area contributed by atoms with Crippen molar-refractivity contribution < 1.29 is 9.53 Å². The number of rotatable bonds is 5. The van der Waals surface area contributed by atoms with Crippen LogP contribution < -0.4 is 9.64 Å². The molecule has 0 radical (unpaired) electrons. The van der Waals surface area contributed by atoms with Crippen molar-refractivity contribution in [3.05, 3.63) is 29.8 Å². The molecular weight excluding hydrogens is 300 g/mol. The molecule has 0 spiro atoms. The lowest BCUT2D eigenvalue weighted by molar-refractivity contribution is -0.127. The first-order valence-electron chi connectivity index (χ1n) is 7.76. The fraction of sp³-hybridized carbons (Fsp3) is 0.471. The van der Waals surface area contributed by atoms with Crippen LogP contribution in [0.5, 0.6) is 5.75 Å². The molecular formula is C17H21ClN2O2. The number of halogens is 1. The minimum Gasteiger partial charge on any atom is -0.497 e. The Morgan fingerprint density at radius 1 is 1.27 bits per heavy atom. The molecule has 2 aliphatic heterocycles. The average Bonchev–Trinajstić information content (AvgIpc) is 2.94. The SMILES string of the molecule is COc1ccc2c(c1)N(CCCN1CCCC1=O)CC=C2Cl. The van der Waals surface area contributed by atoms with Crippen molar-refractivity contribution in [1.82, 2.24) is 4.90 Å². The first-order valence-corrected chi connectivity index (χ1v) is 8.13. The van der Waals surface area contributed by atoms with Gasteiger partial charge in [-0.25, -0.2) is 0 Å². The van der Waals surface area contributed by atoms with Crippen LogP contribution in [0, 0.1) is 0 Å². The maximum atomic E-state index is 11.7. The van der Waals surface area contributed by atoms with E-state index in [-0.39, 0.29) is 0 Å². The molecule has 0 aromatic heterocycles. The van der Waals surface area contributed by atoms with E-state index in [1.807, 2.05) is 29.2 Å². The quantitative estimate of drug-likeness (QED) is 0.835. The summed E-state index contributed by atoms with van der Waals surface area (Å²) in [5.41, 5.74) is 2.16. The third kappa shape index (κ3) is 3.07. The minimum atomic E-state index is 0.295. The highest BCUT2D eigenvalue weighted by molar-refractivity contribution is 6.49. The third-order valence-electron chi connectivity index (χ3n) is 4.32. The van der Waals surface area contributed by atoms with Gasteiger partial charge in [-0.05, 0) is 31.1 Å². The first-order chi connectivity index (χ1) is 10.7. The Morgan fingerprint density at radius 3 is 2.82 bits per heavy atom. The van der Waals surface area contributed by atoms with Crippen LogP contribution in [0.25, 0.3) is 5.03 Å². The number of amides is 1. The highest BCUT2D eigenvalue weighted by Gasteiger charge is 2.21. The number of likely N-dealkylation sites (tertiary alicyclic amines) is 1. The van der Waals surface area contributed by atoms with Crippen LogP contribution in [0.4, 0.5) is 5.69 Å². The lowest BCUT2D eigenvalue weighted by Crippen LogP contribution is -2.32. The van der Waals surface area contributed by atoms with Gasteiger partial charge < -0.3 is 14.5 Å². The van der Waals surface area contributed by atoms with Crippen molar-refractivity contribution >= 4 is 28.2 Å². The van der Waals surface area contributed by atoms with Crippen molar-refractivity contribution in [3.63, 3.8) is 0 Å². The average molecular weight is 321 g/mol. The van der Waals surface area contributed by atoms with Crippen LogP contribution in [-0.2, 0) is 4.79 Å². The Kier molecular flexibility index (Phi) is 4.57. The third-order valence-corrected chi connectivity index (χ3v) is 4.68. The molecule has 5 heteroatoms. The fourth-order valence-electron chi connectivity index (χ4n) is 3.11. The molecule has 1 amide bonds. The summed E-state index contributed by atoms with van der Waals surface area (Å²) in [6.45, 7) is 3.46. The van der Waals surface area contributed by atoms with Gasteiger partial charge in [-0.2, -0.15) is 0 Å². The Labute approximate surface area is 136 Å². The summed E-state index contributed by atoms with van der Waals surface area (Å²) in [4.78, 5) is 15.9. The van der Waals surface area contributed by atoms with Gasteiger partial charge >= 0.3 is 0 Å². The lowest BCUT2D eigenvalue weighted by atomic mass is 10.1. The topological polar surface area (TPSA) is 32.8 Å². The van der Waals surface area contributed by atoms with E-state index >= 15 is 0 Å². The number of fused-ring (bicyclic) bond motifs is 1. The summed E-state index contributed by atoms with van der Waals surface area (Å²) in [7, 11) is 1.67. The molecule has 2 heterocycles. The van der Waals surface area contributed by atoms with Gasteiger partial charge in [-0.15, -0.1) is 0 Å². The lowest BCUT2D eigenvalue weighted by Gasteiger charge is -2.30. The van der Waals surface area contributed by atoms with Crippen molar-refractivity contribution in [1.29, 1.82) is 0 Å². The Hall–Kier alpha value is -1.68. The number of hydrogen-bond donors (Lipinski definition) is 0. The van der Waals surface area contributed by atoms with Crippen LogP contribution in [0.1, 0.15) is 24.8 Å². The van der Waals surface area contributed by atoms with Gasteiger partial charge in [0.1, 0.15) is 5.75 Å². The Balaban J connectivity index is 1.66. The van der Waals surface area contributed by atoms with Gasteiger partial charge in [0.2, 0.25) is 5.91 Å². The second-order valence-electron chi connectivity index (χ2n) is 5.72. The molecule has 2 aliphatic rings. The smallest absolute Gasteiger partial charge is 0.222 e. The second-order valence-corrected chi connectivity index (χ2v) is 6.13. The largest absolute Gasteiger partial charge is 0.497 e. The predicted octanol–water partition coefficient (Wildman–Crippen LogP) is 3.11. The van der Waals surface area contributed by atoms with Gasteiger partial charge in [0.25, 0.3) is 0 Å². The van der Waals surface area contributed by atoms with Crippen LogP contribution in [-0.4, -0.2) is 44.1 Å². The molecule has 0 N–H and O–H groups in total. The van der Waals surface area contributed by atoms with Crippen molar-refractivity contribution in [2.75, 3.05) is 38.2 Å². The normalized spacial score (nSPS) is 17.5. The Morgan fingerprint density at radius 2 is 2.09 bits per heavy atom. The molecule has 1 aromatic carbocycles. The summed E-state index contributed by atoms with van der Waals surface area (Å²) < 4.78 is 5.32. The molecule has 0 atom stereocenters. The zero-order chi connectivity index (χ0) is 15.5. The minimum absolute atomic E-state index is 0.295. The molecule has 4 nitrogen and oxygen atoms in total. The summed E-state index contributed by atoms with van der Waals surface area (Å²) in [6, 6.07) is 5.97. The molecule has 3 rings (SSSR count). The van der Waals surface area contributed by atoms with Gasteiger partial charge in [0.05, 0.1) is 7.11 Å². The van der Waals surface area contributed by atoms with E-state index in [0.717, 1.165) is 61.1 Å². The van der Waals surface area contributed by atoms with Crippen LogP contribution in [0.2, 0.25) is 0 Å². The van der Waals surface area contributed by atoms with Crippen molar-refractivity contribution in [2.24, 2.45) is 0 Å². The number of ether oxygens (including phenoxy) is 1. The van der Waals surface area contributed by atoms with Crippen LogP contribution >= 0.6 is 11.6 Å². The van der Waals surface area contributed by atoms with Gasteiger partial charge in [0.15, 0.2) is 0 Å². The van der Waals surface area contributed by atoms with E-state index < -0.39 is 0 Å². The van der Waals surface area contributed by atoms with E-state index in [1.54, 1.807) is 7.11 Å². The Bertz CT molecular complexity index is 600. The molecule has 0 aliphatic carbocycles. The molecule has 1 saturated heterocycles. The number of benzene rings is 1. The predicted molar refractivity (Wildman–Crippen MR) is 89.5 cm³/mol. The standard InChI is InChI=1S/C17H21ClN2O2/c1-22-13-5-6-14-15(18)7-11-19(16(14)12-13)9-3-10-20-8-2-4-17(20)21/h5-7,12H,2-4,8-11H2,1H3. The molecule has 0 bridgehead atoms. The molecule has 1 aromatic rings. The summed E-state index contributed by atoms with van der Waals surface area (Å²) in [5.74, 6) is 1.13. The van der Waals surface area contributed by atoms with Crippen molar-refractivity contribution in [2.45, 2.75) is 19.3 Å². The van der Waals surface area contributed by atoms with E-state index in [1.165, 1.54) is 0 Å². The fourth-order valence-corrected chi connectivity index (χ4v) is 3.33. The van der Waals surface area contributed by atoms with E-state index in [4.69, 9.17) is 16.3 Å². The zero-order valence-electron chi connectivity index (χ0n) is 12.8. The van der Waals surface area contributed by atoms with Gasteiger partial charge in [0, 0.05) is 54.9 Å². The van der Waals surface area contributed by atoms with E-state index in [9.17, 15) is 4.79 Å². The summed E-state index contributed by atoms with van der Waals surface area (Å²) in [5, 5.41) is 0.795. The number of nitrogens with zero attached hydrogens (tertiary/aromatic N) is 2.